The number of hydrogen-bond acceptors (Lipinski definition) is 3. The summed E-state index contributed by atoms with van der Waals surface area (Å²) in [6.45, 7) is 8.30. The predicted octanol–water partition coefficient (Wildman–Crippen LogP) is 1.63. The maximum absolute atomic E-state index is 11.7. The van der Waals surface area contributed by atoms with Crippen molar-refractivity contribution in [1.82, 2.24) is 14.9 Å². The number of aliphatic imine (C=N–C) groups is 1. The molecule has 0 aromatic rings. The number of nitrogens with one attached hydrogen (secondary N) is 2. The lowest BCUT2D eigenvalue weighted by Gasteiger charge is -2.20. The molecule has 2 N–H and O–H groups in total. The van der Waals surface area contributed by atoms with Crippen LogP contribution in [0.5, 0.6) is 0 Å². The van der Waals surface area contributed by atoms with E-state index in [4.69, 9.17) is 0 Å². The van der Waals surface area contributed by atoms with Crippen LogP contribution in [0.1, 0.15) is 40.0 Å². The Balaban J connectivity index is 0.00000441. The molecule has 0 aromatic carbocycles. The van der Waals surface area contributed by atoms with Crippen molar-refractivity contribution in [3.05, 3.63) is 0 Å². The van der Waals surface area contributed by atoms with Gasteiger partial charge in [0.05, 0.1) is 5.75 Å². The van der Waals surface area contributed by atoms with Crippen LogP contribution in [0.3, 0.4) is 0 Å². The van der Waals surface area contributed by atoms with Gasteiger partial charge in [-0.1, -0.05) is 13.8 Å². The van der Waals surface area contributed by atoms with Crippen LogP contribution in [0.4, 0.5) is 0 Å². The number of halogens is 1. The maximum Gasteiger partial charge on any atom is 0.214 e. The topological polar surface area (TPSA) is 73.8 Å². The third kappa shape index (κ3) is 7.96. The molecule has 132 valence electrons. The van der Waals surface area contributed by atoms with Crippen LogP contribution in [-0.2, 0) is 10.0 Å². The molecule has 6 nitrogen and oxygen atoms in total. The monoisotopic (exact) mass is 446 g/mol. The van der Waals surface area contributed by atoms with E-state index in [9.17, 15) is 8.42 Å². The molecule has 0 amide bonds. The molecule has 0 radical (unpaired) electrons. The third-order valence-corrected chi connectivity index (χ3v) is 5.60. The second-order valence-electron chi connectivity index (χ2n) is 6.08. The molecule has 8 heteroatoms. The van der Waals surface area contributed by atoms with E-state index in [-0.39, 0.29) is 29.7 Å². The highest BCUT2D eigenvalue weighted by Gasteiger charge is 2.27. The Bertz CT molecular complexity index is 440. The van der Waals surface area contributed by atoms with E-state index < -0.39 is 10.0 Å². The van der Waals surface area contributed by atoms with Gasteiger partial charge in [-0.05, 0) is 32.1 Å². The third-order valence-electron chi connectivity index (χ3n) is 3.64. The quantitative estimate of drug-likeness (QED) is 0.354. The first-order chi connectivity index (χ1) is 9.85. The Labute approximate surface area is 152 Å². The summed E-state index contributed by atoms with van der Waals surface area (Å²) in [5.41, 5.74) is 0. The van der Waals surface area contributed by atoms with Gasteiger partial charge in [0.25, 0.3) is 0 Å². The SMILES string of the molecule is CN=C(NCCN1CCCS1(=O)=O)NC(C)CCC(C)C.I. The lowest BCUT2D eigenvalue weighted by Crippen LogP contribution is -2.45. The van der Waals surface area contributed by atoms with Crippen molar-refractivity contribution in [2.24, 2.45) is 10.9 Å². The molecular weight excluding hydrogens is 415 g/mol. The zero-order valence-corrected chi connectivity index (χ0v) is 17.3. The summed E-state index contributed by atoms with van der Waals surface area (Å²) in [6, 6.07) is 0.356. The fourth-order valence-corrected chi connectivity index (χ4v) is 3.85. The van der Waals surface area contributed by atoms with Crippen molar-refractivity contribution in [3.8, 4) is 0 Å². The van der Waals surface area contributed by atoms with Gasteiger partial charge < -0.3 is 10.6 Å². The van der Waals surface area contributed by atoms with Crippen LogP contribution in [0, 0.1) is 5.92 Å². The van der Waals surface area contributed by atoms with E-state index in [1.54, 1.807) is 11.4 Å². The van der Waals surface area contributed by atoms with Crippen LogP contribution in [-0.4, -0.2) is 57.2 Å². The normalized spacial score (nSPS) is 19.8. The minimum atomic E-state index is -3.00. The standard InChI is InChI=1S/C14H30N4O2S.HI/c1-12(2)6-7-13(3)17-14(15-4)16-8-10-18-9-5-11-21(18,19)20;/h12-13H,5-11H2,1-4H3,(H2,15,16,17);1H. The number of sulfonamides is 1. The Morgan fingerprint density at radius 2 is 1.95 bits per heavy atom. The Morgan fingerprint density at radius 1 is 1.27 bits per heavy atom. The van der Waals surface area contributed by atoms with Crippen LogP contribution in [0.15, 0.2) is 4.99 Å². The maximum atomic E-state index is 11.7. The van der Waals surface area contributed by atoms with Gasteiger partial charge in [-0.3, -0.25) is 4.99 Å². The van der Waals surface area contributed by atoms with Crippen LogP contribution >= 0.6 is 24.0 Å². The molecule has 0 aliphatic carbocycles. The fraction of sp³-hybridized carbons (Fsp3) is 0.929. The second-order valence-corrected chi connectivity index (χ2v) is 8.17. The number of rotatable bonds is 7. The van der Waals surface area contributed by atoms with Crippen molar-refractivity contribution in [1.29, 1.82) is 0 Å². The first-order valence-corrected chi connectivity index (χ1v) is 9.41. The molecule has 1 atom stereocenters. The lowest BCUT2D eigenvalue weighted by molar-refractivity contribution is 0.443. The summed E-state index contributed by atoms with van der Waals surface area (Å²) in [5.74, 6) is 1.72. The summed E-state index contributed by atoms with van der Waals surface area (Å²) in [6.07, 6.45) is 3.01. The molecule has 1 fully saturated rings. The van der Waals surface area contributed by atoms with Crippen molar-refractivity contribution in [2.45, 2.75) is 46.1 Å². The number of hydrogen-bond donors (Lipinski definition) is 2. The van der Waals surface area contributed by atoms with E-state index >= 15 is 0 Å². The molecule has 1 aliphatic heterocycles. The van der Waals surface area contributed by atoms with E-state index in [0.29, 0.717) is 31.6 Å². The van der Waals surface area contributed by atoms with Crippen molar-refractivity contribution >= 4 is 40.0 Å². The van der Waals surface area contributed by atoms with E-state index in [1.807, 2.05) is 0 Å². The smallest absolute Gasteiger partial charge is 0.214 e. The summed E-state index contributed by atoms with van der Waals surface area (Å²) in [7, 11) is -1.27. The number of guanidine groups is 1. The molecule has 22 heavy (non-hydrogen) atoms. The van der Waals surface area contributed by atoms with Gasteiger partial charge in [0, 0.05) is 32.7 Å². The molecule has 1 unspecified atom stereocenters. The zero-order valence-electron chi connectivity index (χ0n) is 14.1. The van der Waals surface area contributed by atoms with Gasteiger partial charge in [0.15, 0.2) is 5.96 Å². The van der Waals surface area contributed by atoms with Crippen molar-refractivity contribution in [3.63, 3.8) is 0 Å². The summed E-state index contributed by atoms with van der Waals surface area (Å²) in [4.78, 5) is 4.18. The molecule has 0 saturated carbocycles. The molecule has 1 aliphatic rings. The van der Waals surface area contributed by atoms with Gasteiger partial charge in [0.1, 0.15) is 0 Å². The van der Waals surface area contributed by atoms with Gasteiger partial charge in [-0.25, -0.2) is 12.7 Å². The molecular formula is C14H31IN4O2S. The van der Waals surface area contributed by atoms with Gasteiger partial charge in [-0.15, -0.1) is 24.0 Å². The van der Waals surface area contributed by atoms with Gasteiger partial charge >= 0.3 is 0 Å². The molecule has 0 bridgehead atoms. The van der Waals surface area contributed by atoms with Crippen LogP contribution in [0.25, 0.3) is 0 Å². The largest absolute Gasteiger partial charge is 0.355 e. The van der Waals surface area contributed by atoms with Crippen molar-refractivity contribution < 1.29 is 8.42 Å². The fourth-order valence-electron chi connectivity index (χ4n) is 2.32. The van der Waals surface area contributed by atoms with Crippen LogP contribution < -0.4 is 10.6 Å². The van der Waals surface area contributed by atoms with E-state index in [2.05, 4.69) is 36.4 Å². The summed E-state index contributed by atoms with van der Waals surface area (Å²) < 4.78 is 24.9. The molecule has 1 heterocycles. The van der Waals surface area contributed by atoms with Gasteiger partial charge in [0.2, 0.25) is 10.0 Å². The minimum Gasteiger partial charge on any atom is -0.355 e. The molecule has 1 saturated heterocycles. The van der Waals surface area contributed by atoms with Crippen molar-refractivity contribution in [2.75, 3.05) is 32.4 Å². The highest BCUT2D eigenvalue weighted by atomic mass is 127. The Morgan fingerprint density at radius 3 is 2.45 bits per heavy atom. The molecule has 0 aromatic heterocycles. The Hall–Kier alpha value is -0.0900. The highest BCUT2D eigenvalue weighted by Crippen LogP contribution is 2.11. The minimum absolute atomic E-state index is 0. The van der Waals surface area contributed by atoms with Crippen LogP contribution in [0.2, 0.25) is 0 Å². The summed E-state index contributed by atoms with van der Waals surface area (Å²) in [5, 5.41) is 6.52. The zero-order chi connectivity index (χ0) is 15.9. The average Bonchev–Trinajstić information content (AvgIpc) is 2.74. The molecule has 0 spiro atoms. The predicted molar refractivity (Wildman–Crippen MR) is 103 cm³/mol. The second kappa shape index (κ2) is 10.6. The number of nitrogens with zero attached hydrogens (tertiary/aromatic N) is 2. The summed E-state index contributed by atoms with van der Waals surface area (Å²) >= 11 is 0. The lowest BCUT2D eigenvalue weighted by atomic mass is 10.0. The molecule has 1 rings (SSSR count). The highest BCUT2D eigenvalue weighted by molar-refractivity contribution is 14.0. The van der Waals surface area contributed by atoms with Gasteiger partial charge in [-0.2, -0.15) is 0 Å². The van der Waals surface area contributed by atoms with E-state index in [0.717, 1.165) is 18.8 Å². The van der Waals surface area contributed by atoms with E-state index in [1.165, 1.54) is 6.42 Å². The average molecular weight is 446 g/mol. The first-order valence-electron chi connectivity index (χ1n) is 7.80. The Kier molecular flexibility index (Phi) is 10.6. The first kappa shape index (κ1) is 21.9.